The first-order chi connectivity index (χ1) is 10.3. The topological polar surface area (TPSA) is 73.9 Å². The summed E-state index contributed by atoms with van der Waals surface area (Å²) in [6.07, 6.45) is 1.13. The number of esters is 2. The summed E-state index contributed by atoms with van der Waals surface area (Å²) in [5.74, 6) is -2.94. The monoisotopic (exact) mass is 313 g/mol. The lowest BCUT2D eigenvalue weighted by atomic mass is 10.2. The molecule has 0 unspecified atom stereocenters. The highest BCUT2D eigenvalue weighted by molar-refractivity contribution is 6.15. The molecule has 118 valence electrons. The zero-order chi connectivity index (χ0) is 16.3. The SMILES string of the molecule is CC1(C)OC(=O)C(=CNc2ccc(OC(F)F)cc2)C(=O)O1. The minimum absolute atomic E-state index is 0.00793. The maximum absolute atomic E-state index is 12.0. The summed E-state index contributed by atoms with van der Waals surface area (Å²) in [6.45, 7) is -0.0280. The van der Waals surface area contributed by atoms with E-state index in [4.69, 9.17) is 9.47 Å². The molecule has 0 saturated carbocycles. The van der Waals surface area contributed by atoms with Gasteiger partial charge < -0.3 is 19.5 Å². The molecule has 1 fully saturated rings. The second kappa shape index (κ2) is 6.00. The molecule has 1 aliphatic rings. The third-order valence-electron chi connectivity index (χ3n) is 2.58. The third kappa shape index (κ3) is 3.94. The molecular weight excluding hydrogens is 300 g/mol. The summed E-state index contributed by atoms with van der Waals surface area (Å²) in [6, 6.07) is 5.51. The highest BCUT2D eigenvalue weighted by Gasteiger charge is 2.38. The van der Waals surface area contributed by atoms with E-state index in [1.54, 1.807) is 0 Å². The number of halogens is 2. The Morgan fingerprint density at radius 3 is 2.18 bits per heavy atom. The third-order valence-corrected chi connectivity index (χ3v) is 2.58. The molecule has 0 atom stereocenters. The Kier molecular flexibility index (Phi) is 4.30. The molecule has 0 bridgehead atoms. The standard InChI is InChI=1S/C14H13F2NO5/c1-14(2)21-11(18)10(12(19)22-14)7-17-8-3-5-9(6-4-8)20-13(15)16/h3-7,13,17H,1-2H3. The predicted molar refractivity (Wildman–Crippen MR) is 71.0 cm³/mol. The lowest BCUT2D eigenvalue weighted by Gasteiger charge is -2.29. The van der Waals surface area contributed by atoms with E-state index in [9.17, 15) is 18.4 Å². The summed E-state index contributed by atoms with van der Waals surface area (Å²) in [4.78, 5) is 23.4. The summed E-state index contributed by atoms with van der Waals surface area (Å²) in [5.41, 5.74) is 0.159. The van der Waals surface area contributed by atoms with Gasteiger partial charge >= 0.3 is 18.6 Å². The molecule has 1 aromatic rings. The molecule has 1 aliphatic heterocycles. The average molecular weight is 313 g/mol. The van der Waals surface area contributed by atoms with Crippen molar-refractivity contribution in [2.24, 2.45) is 0 Å². The van der Waals surface area contributed by atoms with Gasteiger partial charge in [-0.15, -0.1) is 0 Å². The van der Waals surface area contributed by atoms with Gasteiger partial charge in [0.1, 0.15) is 5.75 Å². The first kappa shape index (κ1) is 15.7. The average Bonchev–Trinajstić information content (AvgIpc) is 2.37. The molecule has 0 spiro atoms. The van der Waals surface area contributed by atoms with Crippen LogP contribution in [0.1, 0.15) is 13.8 Å². The first-order valence-corrected chi connectivity index (χ1v) is 6.25. The predicted octanol–water partition coefficient (Wildman–Crippen LogP) is 2.42. The molecule has 1 N–H and O–H groups in total. The number of benzene rings is 1. The number of anilines is 1. The van der Waals surface area contributed by atoms with Crippen molar-refractivity contribution in [1.29, 1.82) is 0 Å². The number of alkyl halides is 2. The van der Waals surface area contributed by atoms with Crippen LogP contribution in [0.25, 0.3) is 0 Å². The van der Waals surface area contributed by atoms with Gasteiger partial charge in [0, 0.05) is 25.7 Å². The lowest BCUT2D eigenvalue weighted by Crippen LogP contribution is -2.42. The molecule has 1 saturated heterocycles. The molecule has 0 radical (unpaired) electrons. The van der Waals surface area contributed by atoms with Crippen molar-refractivity contribution in [3.63, 3.8) is 0 Å². The van der Waals surface area contributed by atoms with Crippen molar-refractivity contribution in [3.8, 4) is 5.75 Å². The second-order valence-corrected chi connectivity index (χ2v) is 4.78. The molecule has 8 heteroatoms. The minimum atomic E-state index is -2.91. The minimum Gasteiger partial charge on any atom is -0.435 e. The van der Waals surface area contributed by atoms with Crippen LogP contribution in [0.4, 0.5) is 14.5 Å². The van der Waals surface area contributed by atoms with Crippen LogP contribution in [-0.4, -0.2) is 24.3 Å². The highest BCUT2D eigenvalue weighted by Crippen LogP contribution is 2.23. The zero-order valence-electron chi connectivity index (χ0n) is 11.8. The fourth-order valence-electron chi connectivity index (χ4n) is 1.67. The van der Waals surface area contributed by atoms with Gasteiger partial charge in [-0.3, -0.25) is 0 Å². The van der Waals surface area contributed by atoms with Crippen molar-refractivity contribution < 1.29 is 32.6 Å². The number of ether oxygens (including phenoxy) is 3. The fourth-order valence-corrected chi connectivity index (χ4v) is 1.67. The second-order valence-electron chi connectivity index (χ2n) is 4.78. The van der Waals surface area contributed by atoms with E-state index in [1.807, 2.05) is 0 Å². The Morgan fingerprint density at radius 2 is 1.68 bits per heavy atom. The zero-order valence-corrected chi connectivity index (χ0v) is 11.8. The molecule has 1 heterocycles. The van der Waals surface area contributed by atoms with E-state index in [1.165, 1.54) is 38.1 Å². The molecule has 1 aromatic carbocycles. The number of carbonyl (C=O) groups is 2. The van der Waals surface area contributed by atoms with Crippen LogP contribution in [0.3, 0.4) is 0 Å². The Hall–Kier alpha value is -2.64. The number of rotatable bonds is 4. The quantitative estimate of drug-likeness (QED) is 0.523. The van der Waals surface area contributed by atoms with Crippen LogP contribution in [-0.2, 0) is 19.1 Å². The van der Waals surface area contributed by atoms with Crippen molar-refractivity contribution in [2.75, 3.05) is 5.32 Å². The Bertz CT molecular complexity index is 588. The summed E-state index contributed by atoms with van der Waals surface area (Å²) in [7, 11) is 0. The highest BCUT2D eigenvalue weighted by atomic mass is 19.3. The van der Waals surface area contributed by atoms with Gasteiger partial charge in [0.05, 0.1) is 0 Å². The number of nitrogens with one attached hydrogen (secondary N) is 1. The molecule has 0 amide bonds. The van der Waals surface area contributed by atoms with Gasteiger partial charge in [0.15, 0.2) is 5.57 Å². The Morgan fingerprint density at radius 1 is 1.14 bits per heavy atom. The molecule has 0 aliphatic carbocycles. The number of hydrogen-bond donors (Lipinski definition) is 1. The van der Waals surface area contributed by atoms with Crippen LogP contribution in [0.2, 0.25) is 0 Å². The summed E-state index contributed by atoms with van der Waals surface area (Å²) < 4.78 is 38.0. The van der Waals surface area contributed by atoms with Gasteiger partial charge in [-0.25, -0.2) is 9.59 Å². The first-order valence-electron chi connectivity index (χ1n) is 6.25. The summed E-state index contributed by atoms with van der Waals surface area (Å²) in [5, 5.41) is 2.68. The van der Waals surface area contributed by atoms with E-state index < -0.39 is 24.3 Å². The molecular formula is C14H13F2NO5. The van der Waals surface area contributed by atoms with Gasteiger partial charge in [0.2, 0.25) is 0 Å². The molecule has 0 aromatic heterocycles. The van der Waals surface area contributed by atoms with Crippen LogP contribution in [0.5, 0.6) is 5.75 Å². The normalized spacial score (nSPS) is 16.9. The van der Waals surface area contributed by atoms with Crippen LogP contribution in [0, 0.1) is 0 Å². The Balaban J connectivity index is 2.05. The maximum atomic E-state index is 12.0. The van der Waals surface area contributed by atoms with E-state index in [2.05, 4.69) is 10.1 Å². The van der Waals surface area contributed by atoms with E-state index in [0.29, 0.717) is 5.69 Å². The number of carbonyl (C=O) groups excluding carboxylic acids is 2. The van der Waals surface area contributed by atoms with Crippen LogP contribution < -0.4 is 10.1 Å². The van der Waals surface area contributed by atoms with Crippen molar-refractivity contribution in [2.45, 2.75) is 26.2 Å². The maximum Gasteiger partial charge on any atom is 0.387 e. The van der Waals surface area contributed by atoms with E-state index in [-0.39, 0.29) is 11.3 Å². The number of cyclic esters (lactones) is 2. The lowest BCUT2D eigenvalue weighted by molar-refractivity contribution is -0.222. The van der Waals surface area contributed by atoms with Crippen molar-refractivity contribution >= 4 is 17.6 Å². The molecule has 6 nitrogen and oxygen atoms in total. The fraction of sp³-hybridized carbons (Fsp3) is 0.286. The largest absolute Gasteiger partial charge is 0.435 e. The van der Waals surface area contributed by atoms with Gasteiger partial charge in [-0.2, -0.15) is 8.78 Å². The van der Waals surface area contributed by atoms with E-state index >= 15 is 0 Å². The smallest absolute Gasteiger partial charge is 0.387 e. The number of hydrogen-bond acceptors (Lipinski definition) is 6. The summed E-state index contributed by atoms with van der Waals surface area (Å²) >= 11 is 0. The molecule has 22 heavy (non-hydrogen) atoms. The van der Waals surface area contributed by atoms with Crippen LogP contribution >= 0.6 is 0 Å². The Labute approximate surface area is 124 Å². The van der Waals surface area contributed by atoms with E-state index in [0.717, 1.165) is 6.20 Å². The van der Waals surface area contributed by atoms with Crippen LogP contribution in [0.15, 0.2) is 36.0 Å². The van der Waals surface area contributed by atoms with Gasteiger partial charge in [0.25, 0.3) is 5.79 Å². The molecule has 2 rings (SSSR count). The van der Waals surface area contributed by atoms with Crippen molar-refractivity contribution in [3.05, 3.63) is 36.0 Å². The van der Waals surface area contributed by atoms with Crippen molar-refractivity contribution in [1.82, 2.24) is 0 Å². The van der Waals surface area contributed by atoms with Gasteiger partial charge in [-0.1, -0.05) is 0 Å². The van der Waals surface area contributed by atoms with Gasteiger partial charge in [-0.05, 0) is 24.3 Å².